The fourth-order valence-corrected chi connectivity index (χ4v) is 2.22. The molecular weight excluding hydrogens is 254 g/mol. The maximum atomic E-state index is 10.6. The van der Waals surface area contributed by atoms with Gasteiger partial charge in [0.1, 0.15) is 0 Å². The molecule has 0 aliphatic carbocycles. The molecule has 0 unspecified atom stereocenters. The number of nitrogens with zero attached hydrogens (tertiary/aromatic N) is 3. The van der Waals surface area contributed by atoms with Crippen LogP contribution >= 0.6 is 0 Å². The number of hydrogen-bond acceptors (Lipinski definition) is 4. The molecule has 0 atom stereocenters. The van der Waals surface area contributed by atoms with Gasteiger partial charge in [0.05, 0.1) is 16.3 Å². The van der Waals surface area contributed by atoms with Gasteiger partial charge < -0.3 is 0 Å². The van der Waals surface area contributed by atoms with Gasteiger partial charge in [-0.2, -0.15) is 5.10 Å². The van der Waals surface area contributed by atoms with Crippen LogP contribution in [0.2, 0.25) is 0 Å². The third kappa shape index (κ3) is 2.38. The first-order valence-electron chi connectivity index (χ1n) is 6.39. The molecule has 0 amide bonds. The van der Waals surface area contributed by atoms with Crippen molar-refractivity contribution in [1.29, 1.82) is 0 Å². The molecule has 20 heavy (non-hydrogen) atoms. The molecule has 5 nitrogen and oxygen atoms in total. The van der Waals surface area contributed by atoms with Gasteiger partial charge >= 0.3 is 0 Å². The quantitative estimate of drug-likeness (QED) is 0.633. The van der Waals surface area contributed by atoms with Crippen LogP contribution in [0, 0.1) is 10.1 Å². The van der Waals surface area contributed by atoms with E-state index in [9.17, 15) is 10.1 Å². The summed E-state index contributed by atoms with van der Waals surface area (Å²) in [7, 11) is 0. The fraction of sp³-hybridized carbons (Fsp3) is 0.133. The Morgan fingerprint density at radius 2 is 1.75 bits per heavy atom. The fourth-order valence-electron chi connectivity index (χ4n) is 2.22. The van der Waals surface area contributed by atoms with Crippen LogP contribution in [0.4, 0.5) is 11.4 Å². The molecule has 0 fully saturated rings. The first kappa shape index (κ1) is 12.3. The van der Waals surface area contributed by atoms with E-state index in [0.29, 0.717) is 0 Å². The molecule has 0 saturated heterocycles. The standard InChI is InChI=1S/C15H13N3O2/c19-18(20)14-8-6-13(7-9-14)17-11-10-15(16-17)12-4-2-1-3-5-12/h1-9H,10-11H2. The number of hydrogen-bond donors (Lipinski definition) is 0. The molecule has 1 aliphatic heterocycles. The van der Waals surface area contributed by atoms with Crippen LogP contribution in [0.5, 0.6) is 0 Å². The van der Waals surface area contributed by atoms with Gasteiger partial charge in [-0.15, -0.1) is 0 Å². The molecule has 1 heterocycles. The van der Waals surface area contributed by atoms with Gasteiger partial charge in [0.15, 0.2) is 0 Å². The number of anilines is 1. The van der Waals surface area contributed by atoms with Gasteiger partial charge in [-0.1, -0.05) is 30.3 Å². The van der Waals surface area contributed by atoms with Crippen LogP contribution in [0.3, 0.4) is 0 Å². The Kier molecular flexibility index (Phi) is 3.16. The second kappa shape index (κ2) is 5.13. The van der Waals surface area contributed by atoms with E-state index in [-0.39, 0.29) is 5.69 Å². The predicted octanol–water partition coefficient (Wildman–Crippen LogP) is 3.21. The second-order valence-electron chi connectivity index (χ2n) is 4.56. The molecule has 0 aromatic heterocycles. The number of benzene rings is 2. The van der Waals surface area contributed by atoms with Gasteiger partial charge in [0.25, 0.3) is 5.69 Å². The summed E-state index contributed by atoms with van der Waals surface area (Å²) in [5.41, 5.74) is 3.14. The predicted molar refractivity (Wildman–Crippen MR) is 78.0 cm³/mol. The Morgan fingerprint density at radius 1 is 1.05 bits per heavy atom. The molecule has 0 bridgehead atoms. The lowest BCUT2D eigenvalue weighted by molar-refractivity contribution is -0.384. The van der Waals surface area contributed by atoms with Gasteiger partial charge in [-0.25, -0.2) is 0 Å². The molecule has 0 radical (unpaired) electrons. The topological polar surface area (TPSA) is 58.7 Å². The zero-order valence-corrected chi connectivity index (χ0v) is 10.8. The summed E-state index contributed by atoms with van der Waals surface area (Å²) in [5, 5.41) is 17.1. The van der Waals surface area contributed by atoms with Crippen molar-refractivity contribution in [2.45, 2.75) is 6.42 Å². The maximum Gasteiger partial charge on any atom is 0.269 e. The van der Waals surface area contributed by atoms with E-state index < -0.39 is 4.92 Å². The first-order chi connectivity index (χ1) is 9.74. The second-order valence-corrected chi connectivity index (χ2v) is 4.56. The van der Waals surface area contributed by atoms with Crippen molar-refractivity contribution >= 4 is 17.1 Å². The third-order valence-corrected chi connectivity index (χ3v) is 3.27. The van der Waals surface area contributed by atoms with Crippen molar-refractivity contribution in [2.75, 3.05) is 11.6 Å². The Hall–Kier alpha value is -2.69. The number of nitro benzene ring substituents is 1. The van der Waals surface area contributed by atoms with E-state index in [1.807, 2.05) is 35.3 Å². The third-order valence-electron chi connectivity index (χ3n) is 3.27. The highest BCUT2D eigenvalue weighted by atomic mass is 16.6. The van der Waals surface area contributed by atoms with Gasteiger partial charge in [-0.05, 0) is 17.7 Å². The molecule has 1 aliphatic rings. The van der Waals surface area contributed by atoms with Crippen LogP contribution in [-0.2, 0) is 0 Å². The first-order valence-corrected chi connectivity index (χ1v) is 6.39. The maximum absolute atomic E-state index is 10.6. The lowest BCUT2D eigenvalue weighted by Gasteiger charge is -2.12. The van der Waals surface area contributed by atoms with E-state index in [1.54, 1.807) is 12.1 Å². The molecule has 0 saturated carbocycles. The van der Waals surface area contributed by atoms with E-state index in [4.69, 9.17) is 0 Å². The van der Waals surface area contributed by atoms with Gasteiger partial charge in [0.2, 0.25) is 0 Å². The van der Waals surface area contributed by atoms with E-state index in [1.165, 1.54) is 12.1 Å². The van der Waals surface area contributed by atoms with E-state index >= 15 is 0 Å². The van der Waals surface area contributed by atoms with Crippen molar-refractivity contribution in [3.05, 3.63) is 70.3 Å². The Labute approximate surface area is 116 Å². The Bertz CT molecular complexity index is 651. The van der Waals surface area contributed by atoms with Crippen LogP contribution in [0.15, 0.2) is 59.7 Å². The summed E-state index contributed by atoms with van der Waals surface area (Å²) in [6.45, 7) is 0.794. The summed E-state index contributed by atoms with van der Waals surface area (Å²) in [5.74, 6) is 0. The largest absolute Gasteiger partial charge is 0.269 e. The van der Waals surface area contributed by atoms with Crippen molar-refractivity contribution < 1.29 is 4.92 Å². The lowest BCUT2D eigenvalue weighted by Crippen LogP contribution is -2.11. The van der Waals surface area contributed by atoms with E-state index in [2.05, 4.69) is 5.10 Å². The van der Waals surface area contributed by atoms with Crippen LogP contribution in [-0.4, -0.2) is 17.2 Å². The van der Waals surface area contributed by atoms with E-state index in [0.717, 1.165) is 29.9 Å². The minimum Gasteiger partial charge on any atom is -0.265 e. The molecule has 5 heteroatoms. The van der Waals surface area contributed by atoms with Crippen molar-refractivity contribution in [1.82, 2.24) is 0 Å². The molecule has 3 rings (SSSR count). The average molecular weight is 267 g/mol. The Morgan fingerprint density at radius 3 is 2.40 bits per heavy atom. The Balaban J connectivity index is 1.82. The smallest absolute Gasteiger partial charge is 0.265 e. The minimum absolute atomic E-state index is 0.0974. The highest BCUT2D eigenvalue weighted by Crippen LogP contribution is 2.24. The number of nitro groups is 1. The lowest BCUT2D eigenvalue weighted by atomic mass is 10.1. The highest BCUT2D eigenvalue weighted by molar-refractivity contribution is 6.02. The highest BCUT2D eigenvalue weighted by Gasteiger charge is 2.17. The molecule has 2 aromatic rings. The van der Waals surface area contributed by atoms with Crippen molar-refractivity contribution in [3.63, 3.8) is 0 Å². The van der Waals surface area contributed by atoms with Gasteiger partial charge in [-0.3, -0.25) is 15.1 Å². The van der Waals surface area contributed by atoms with Crippen molar-refractivity contribution in [3.8, 4) is 0 Å². The molecule has 100 valence electrons. The average Bonchev–Trinajstić information content (AvgIpc) is 2.98. The number of hydrazone groups is 1. The van der Waals surface area contributed by atoms with Gasteiger partial charge in [0, 0.05) is 25.1 Å². The number of non-ortho nitro benzene ring substituents is 1. The summed E-state index contributed by atoms with van der Waals surface area (Å²) in [6.07, 6.45) is 0.876. The van der Waals surface area contributed by atoms with Crippen LogP contribution < -0.4 is 5.01 Å². The zero-order chi connectivity index (χ0) is 13.9. The monoisotopic (exact) mass is 267 g/mol. The summed E-state index contributed by atoms with van der Waals surface area (Å²) < 4.78 is 0. The summed E-state index contributed by atoms with van der Waals surface area (Å²) in [4.78, 5) is 10.2. The summed E-state index contributed by atoms with van der Waals surface area (Å²) >= 11 is 0. The van der Waals surface area contributed by atoms with Crippen LogP contribution in [0.25, 0.3) is 0 Å². The molecule has 0 N–H and O–H groups in total. The SMILES string of the molecule is O=[N+]([O-])c1ccc(N2CCC(c3ccccc3)=N2)cc1. The molecule has 0 spiro atoms. The molecule has 2 aromatic carbocycles. The summed E-state index contributed by atoms with van der Waals surface area (Å²) in [6, 6.07) is 16.5. The van der Waals surface area contributed by atoms with Crippen LogP contribution in [0.1, 0.15) is 12.0 Å². The molecular formula is C15H13N3O2. The normalized spacial score (nSPS) is 14.2. The minimum atomic E-state index is -0.396. The zero-order valence-electron chi connectivity index (χ0n) is 10.8. The number of rotatable bonds is 3. The van der Waals surface area contributed by atoms with Crippen molar-refractivity contribution in [2.24, 2.45) is 5.10 Å².